The molecule has 88 valence electrons. The monoisotopic (exact) mass is 225 g/mol. The van der Waals surface area contributed by atoms with Gasteiger partial charge in [0, 0.05) is 12.8 Å². The first-order chi connectivity index (χ1) is 7.73. The Bertz CT molecular complexity index is 346. The molecule has 1 spiro atoms. The number of aliphatic hydroxyl groups is 1. The Kier molecular flexibility index (Phi) is 2.27. The summed E-state index contributed by atoms with van der Waals surface area (Å²) in [5, 5.41) is 10.4. The van der Waals surface area contributed by atoms with Gasteiger partial charge in [-0.05, 0) is 12.8 Å². The molecule has 1 aromatic rings. The van der Waals surface area contributed by atoms with Crippen LogP contribution in [0.25, 0.3) is 0 Å². The number of aromatic nitrogens is 1. The highest BCUT2D eigenvalue weighted by molar-refractivity contribution is 5.09. The van der Waals surface area contributed by atoms with Crippen LogP contribution in [-0.4, -0.2) is 29.1 Å². The summed E-state index contributed by atoms with van der Waals surface area (Å²) in [6.07, 6.45) is 5.46. The smallest absolute Gasteiger partial charge is 0.180 e. The molecule has 1 aromatic heterocycles. The molecule has 16 heavy (non-hydrogen) atoms. The van der Waals surface area contributed by atoms with Crippen LogP contribution >= 0.6 is 0 Å². The van der Waals surface area contributed by atoms with Gasteiger partial charge < -0.3 is 19.0 Å². The van der Waals surface area contributed by atoms with Crippen LogP contribution in [0, 0.1) is 0 Å². The Morgan fingerprint density at radius 3 is 2.38 bits per heavy atom. The first kappa shape index (κ1) is 10.3. The predicted molar refractivity (Wildman–Crippen MR) is 53.5 cm³/mol. The molecule has 0 amide bonds. The third-order valence-electron chi connectivity index (χ3n) is 3.56. The summed E-state index contributed by atoms with van der Waals surface area (Å²) in [5.74, 6) is -0.448. The lowest BCUT2D eigenvalue weighted by molar-refractivity contribution is -0.204. The SMILES string of the molecule is OC1(c2cocn2)CCC2(CC1)OCCO2. The van der Waals surface area contributed by atoms with Crippen LogP contribution in [0.3, 0.4) is 0 Å². The van der Waals surface area contributed by atoms with E-state index in [-0.39, 0.29) is 0 Å². The van der Waals surface area contributed by atoms with Gasteiger partial charge in [-0.25, -0.2) is 4.98 Å². The molecule has 0 radical (unpaired) electrons. The van der Waals surface area contributed by atoms with Gasteiger partial charge in [-0.2, -0.15) is 0 Å². The van der Waals surface area contributed by atoms with Crippen LogP contribution in [0.1, 0.15) is 31.4 Å². The van der Waals surface area contributed by atoms with Crippen molar-refractivity contribution >= 4 is 0 Å². The molecule has 1 saturated carbocycles. The summed E-state index contributed by atoms with van der Waals surface area (Å²) in [6, 6.07) is 0. The molecule has 0 unspecified atom stereocenters. The van der Waals surface area contributed by atoms with E-state index in [1.807, 2.05) is 0 Å². The topological polar surface area (TPSA) is 64.7 Å². The molecule has 5 heteroatoms. The second-order valence-electron chi connectivity index (χ2n) is 4.51. The van der Waals surface area contributed by atoms with Crippen molar-refractivity contribution < 1.29 is 19.0 Å². The van der Waals surface area contributed by atoms with Crippen LogP contribution in [0.15, 0.2) is 17.1 Å². The van der Waals surface area contributed by atoms with Crippen molar-refractivity contribution in [3.05, 3.63) is 18.4 Å². The normalized spacial score (nSPS) is 27.3. The van der Waals surface area contributed by atoms with Crippen LogP contribution in [-0.2, 0) is 15.1 Å². The zero-order valence-electron chi connectivity index (χ0n) is 9.02. The Balaban J connectivity index is 1.74. The Morgan fingerprint density at radius 1 is 1.12 bits per heavy atom. The van der Waals surface area contributed by atoms with E-state index in [0.29, 0.717) is 44.6 Å². The van der Waals surface area contributed by atoms with Crippen molar-refractivity contribution in [1.82, 2.24) is 4.98 Å². The van der Waals surface area contributed by atoms with Crippen molar-refractivity contribution in [2.24, 2.45) is 0 Å². The summed E-state index contributed by atoms with van der Waals surface area (Å²) in [4.78, 5) is 4.03. The molecule has 1 N–H and O–H groups in total. The van der Waals surface area contributed by atoms with E-state index in [0.717, 1.165) is 0 Å². The van der Waals surface area contributed by atoms with E-state index < -0.39 is 11.4 Å². The Labute approximate surface area is 93.4 Å². The first-order valence-corrected chi connectivity index (χ1v) is 5.62. The number of rotatable bonds is 1. The van der Waals surface area contributed by atoms with Crippen LogP contribution < -0.4 is 0 Å². The number of hydrogen-bond acceptors (Lipinski definition) is 5. The molecule has 2 heterocycles. The molecule has 2 aliphatic rings. The van der Waals surface area contributed by atoms with E-state index in [9.17, 15) is 5.11 Å². The number of ether oxygens (including phenoxy) is 2. The van der Waals surface area contributed by atoms with Crippen LogP contribution in [0.4, 0.5) is 0 Å². The van der Waals surface area contributed by atoms with E-state index in [1.54, 1.807) is 0 Å². The fraction of sp³-hybridized carbons (Fsp3) is 0.727. The van der Waals surface area contributed by atoms with Crippen LogP contribution in [0.5, 0.6) is 0 Å². The highest BCUT2D eigenvalue weighted by atomic mass is 16.7. The standard InChI is InChI=1S/C11H15NO4/c13-10(9-7-14-8-12-9)1-3-11(4-2-10)15-5-6-16-11/h7-8,13H,1-6H2. The van der Waals surface area contributed by atoms with Gasteiger partial charge in [-0.15, -0.1) is 0 Å². The quantitative estimate of drug-likeness (QED) is 0.777. The highest BCUT2D eigenvalue weighted by Crippen LogP contribution is 2.44. The average molecular weight is 225 g/mol. The minimum Gasteiger partial charge on any atom is -0.451 e. The number of oxazole rings is 1. The van der Waals surface area contributed by atoms with Gasteiger partial charge >= 0.3 is 0 Å². The lowest BCUT2D eigenvalue weighted by atomic mass is 9.79. The largest absolute Gasteiger partial charge is 0.451 e. The van der Waals surface area contributed by atoms with Gasteiger partial charge in [0.1, 0.15) is 17.6 Å². The lowest BCUT2D eigenvalue weighted by Gasteiger charge is -2.39. The second kappa shape index (κ2) is 3.55. The maximum Gasteiger partial charge on any atom is 0.180 e. The van der Waals surface area contributed by atoms with Crippen molar-refractivity contribution in [3.8, 4) is 0 Å². The van der Waals surface area contributed by atoms with E-state index in [1.165, 1.54) is 12.7 Å². The third kappa shape index (κ3) is 1.55. The molecule has 0 bridgehead atoms. The molecule has 5 nitrogen and oxygen atoms in total. The van der Waals surface area contributed by atoms with Gasteiger partial charge in [-0.1, -0.05) is 0 Å². The highest BCUT2D eigenvalue weighted by Gasteiger charge is 2.47. The van der Waals surface area contributed by atoms with Crippen molar-refractivity contribution in [2.45, 2.75) is 37.1 Å². The summed E-state index contributed by atoms with van der Waals surface area (Å²) < 4.78 is 16.1. The minimum absolute atomic E-state index is 0.448. The fourth-order valence-electron chi connectivity index (χ4n) is 2.53. The maximum atomic E-state index is 10.4. The molecular weight excluding hydrogens is 210 g/mol. The minimum atomic E-state index is -0.881. The maximum absolute atomic E-state index is 10.4. The van der Waals surface area contributed by atoms with E-state index in [4.69, 9.17) is 13.9 Å². The lowest BCUT2D eigenvalue weighted by Crippen LogP contribution is -2.42. The molecule has 0 atom stereocenters. The molecule has 3 rings (SSSR count). The van der Waals surface area contributed by atoms with Crippen molar-refractivity contribution in [3.63, 3.8) is 0 Å². The summed E-state index contributed by atoms with van der Waals surface area (Å²) >= 11 is 0. The molecule has 1 aliphatic heterocycles. The predicted octanol–water partition coefficient (Wildman–Crippen LogP) is 1.18. The van der Waals surface area contributed by atoms with Gasteiger partial charge in [0.25, 0.3) is 0 Å². The number of nitrogens with zero attached hydrogens (tertiary/aromatic N) is 1. The fourth-order valence-corrected chi connectivity index (χ4v) is 2.53. The van der Waals surface area contributed by atoms with Crippen molar-refractivity contribution in [2.75, 3.05) is 13.2 Å². The van der Waals surface area contributed by atoms with Gasteiger partial charge in [0.05, 0.1) is 13.2 Å². The second-order valence-corrected chi connectivity index (χ2v) is 4.51. The summed E-state index contributed by atoms with van der Waals surface area (Å²) in [5.41, 5.74) is -0.270. The molecule has 1 aliphatic carbocycles. The first-order valence-electron chi connectivity index (χ1n) is 5.62. The van der Waals surface area contributed by atoms with E-state index in [2.05, 4.69) is 4.98 Å². The Hall–Kier alpha value is -0.910. The van der Waals surface area contributed by atoms with Gasteiger partial charge in [-0.3, -0.25) is 0 Å². The zero-order valence-corrected chi connectivity index (χ0v) is 9.02. The molecule has 1 saturated heterocycles. The van der Waals surface area contributed by atoms with Crippen LogP contribution in [0.2, 0.25) is 0 Å². The zero-order chi connectivity index (χ0) is 11.1. The average Bonchev–Trinajstić information content (AvgIpc) is 2.96. The molecular formula is C11H15NO4. The van der Waals surface area contributed by atoms with E-state index >= 15 is 0 Å². The Morgan fingerprint density at radius 2 is 1.81 bits per heavy atom. The van der Waals surface area contributed by atoms with Gasteiger partial charge in [0.15, 0.2) is 12.2 Å². The van der Waals surface area contributed by atoms with Crippen molar-refractivity contribution in [1.29, 1.82) is 0 Å². The summed E-state index contributed by atoms with van der Waals surface area (Å²) in [7, 11) is 0. The number of hydrogen-bond donors (Lipinski definition) is 1. The molecule has 2 fully saturated rings. The summed E-state index contributed by atoms with van der Waals surface area (Å²) in [6.45, 7) is 1.31. The van der Waals surface area contributed by atoms with Gasteiger partial charge in [0.2, 0.25) is 0 Å². The molecule has 0 aromatic carbocycles. The third-order valence-corrected chi connectivity index (χ3v) is 3.56.